The minimum Gasteiger partial charge on any atom is -0.398 e. The molecule has 1 aromatic heterocycles. The Bertz CT molecular complexity index is 713. The Kier molecular flexibility index (Phi) is 5.05. The second kappa shape index (κ2) is 6.62. The van der Waals surface area contributed by atoms with Crippen LogP contribution in [-0.2, 0) is 16.4 Å². The Morgan fingerprint density at radius 1 is 1.24 bits per heavy atom. The van der Waals surface area contributed by atoms with Gasteiger partial charge in [0.1, 0.15) is 4.90 Å². The molecule has 0 bridgehead atoms. The highest BCUT2D eigenvalue weighted by Crippen LogP contribution is 2.30. The zero-order chi connectivity index (χ0) is 15.5. The Labute approximate surface area is 133 Å². The summed E-state index contributed by atoms with van der Waals surface area (Å²) in [6.45, 7) is 0.192. The normalized spacial score (nSPS) is 11.5. The minimum atomic E-state index is -3.80. The lowest BCUT2D eigenvalue weighted by atomic mass is 10.3. The van der Waals surface area contributed by atoms with Gasteiger partial charge in [0.2, 0.25) is 10.0 Å². The highest BCUT2D eigenvalue weighted by Gasteiger charge is 2.21. The molecule has 2 aromatic rings. The molecule has 112 valence electrons. The van der Waals surface area contributed by atoms with Crippen molar-refractivity contribution in [2.24, 2.45) is 0 Å². The largest absolute Gasteiger partial charge is 0.398 e. The van der Waals surface area contributed by atoms with Gasteiger partial charge in [-0.25, -0.2) is 13.1 Å². The third-order valence-corrected chi connectivity index (χ3v) is 4.91. The van der Waals surface area contributed by atoms with Crippen LogP contribution in [0.1, 0.15) is 5.69 Å². The van der Waals surface area contributed by atoms with Crippen molar-refractivity contribution in [3.8, 4) is 0 Å². The number of hydrogen-bond acceptors (Lipinski definition) is 4. The monoisotopic (exact) mass is 345 g/mol. The zero-order valence-electron chi connectivity index (χ0n) is 10.9. The molecule has 2 rings (SSSR count). The number of halogens is 2. The van der Waals surface area contributed by atoms with E-state index in [-0.39, 0.29) is 27.2 Å². The number of hydrogen-bond donors (Lipinski definition) is 2. The molecule has 5 nitrogen and oxygen atoms in total. The van der Waals surface area contributed by atoms with E-state index < -0.39 is 10.0 Å². The third-order valence-electron chi connectivity index (χ3n) is 2.71. The smallest absolute Gasteiger partial charge is 0.244 e. The summed E-state index contributed by atoms with van der Waals surface area (Å²) in [4.78, 5) is 3.96. The van der Waals surface area contributed by atoms with Crippen molar-refractivity contribution >= 4 is 38.9 Å². The number of pyridine rings is 1. The summed E-state index contributed by atoms with van der Waals surface area (Å²) in [6.07, 6.45) is 2.11. The van der Waals surface area contributed by atoms with Gasteiger partial charge in [-0.1, -0.05) is 29.3 Å². The highest BCUT2D eigenvalue weighted by atomic mass is 35.5. The maximum atomic E-state index is 12.2. The van der Waals surface area contributed by atoms with E-state index in [0.29, 0.717) is 6.42 Å². The molecule has 0 spiro atoms. The predicted molar refractivity (Wildman–Crippen MR) is 84.0 cm³/mol. The van der Waals surface area contributed by atoms with Crippen molar-refractivity contribution < 1.29 is 8.42 Å². The van der Waals surface area contributed by atoms with E-state index in [1.54, 1.807) is 12.3 Å². The second-order valence-corrected chi connectivity index (χ2v) is 6.82. The van der Waals surface area contributed by atoms with Crippen LogP contribution in [0.5, 0.6) is 0 Å². The number of nitrogen functional groups attached to an aromatic ring is 1. The van der Waals surface area contributed by atoms with E-state index in [2.05, 4.69) is 9.71 Å². The van der Waals surface area contributed by atoms with Crippen LogP contribution in [-0.4, -0.2) is 19.9 Å². The van der Waals surface area contributed by atoms with Gasteiger partial charge in [-0.3, -0.25) is 4.98 Å². The number of aromatic nitrogens is 1. The van der Waals surface area contributed by atoms with Gasteiger partial charge in [-0.15, -0.1) is 0 Å². The van der Waals surface area contributed by atoms with Gasteiger partial charge < -0.3 is 5.73 Å². The molecule has 1 aromatic carbocycles. The summed E-state index contributed by atoms with van der Waals surface area (Å²) in [6, 6.07) is 8.14. The first-order valence-corrected chi connectivity index (χ1v) is 8.28. The van der Waals surface area contributed by atoms with Crippen molar-refractivity contribution in [1.29, 1.82) is 0 Å². The number of nitrogens with one attached hydrogen (secondary N) is 1. The quantitative estimate of drug-likeness (QED) is 0.815. The molecule has 3 N–H and O–H groups in total. The van der Waals surface area contributed by atoms with Crippen molar-refractivity contribution in [2.75, 3.05) is 12.3 Å². The van der Waals surface area contributed by atoms with E-state index in [1.807, 2.05) is 12.1 Å². The van der Waals surface area contributed by atoms with E-state index in [1.165, 1.54) is 12.1 Å². The summed E-state index contributed by atoms with van der Waals surface area (Å²) in [5.74, 6) is 0. The fourth-order valence-corrected chi connectivity index (χ4v) is 3.81. The summed E-state index contributed by atoms with van der Waals surface area (Å²) in [5.41, 5.74) is 6.49. The lowest BCUT2D eigenvalue weighted by Gasteiger charge is -2.11. The molecular formula is C13H13Cl2N3O2S. The number of nitrogens with two attached hydrogens (primary N) is 1. The first kappa shape index (κ1) is 16.0. The Morgan fingerprint density at radius 3 is 2.62 bits per heavy atom. The average molecular weight is 346 g/mol. The van der Waals surface area contributed by atoms with Crippen molar-refractivity contribution in [1.82, 2.24) is 9.71 Å². The fraction of sp³-hybridized carbons (Fsp3) is 0.154. The number of benzene rings is 1. The van der Waals surface area contributed by atoms with E-state index in [9.17, 15) is 8.42 Å². The molecular weight excluding hydrogens is 333 g/mol. The topological polar surface area (TPSA) is 85.1 Å². The second-order valence-electron chi connectivity index (χ2n) is 4.27. The van der Waals surface area contributed by atoms with Crippen LogP contribution in [0.15, 0.2) is 41.4 Å². The Hall–Kier alpha value is -1.34. The summed E-state index contributed by atoms with van der Waals surface area (Å²) < 4.78 is 26.9. The van der Waals surface area contributed by atoms with Gasteiger partial charge >= 0.3 is 0 Å². The van der Waals surface area contributed by atoms with Gasteiger partial charge in [-0.05, 0) is 24.3 Å². The van der Waals surface area contributed by atoms with Gasteiger partial charge in [0, 0.05) is 29.9 Å². The van der Waals surface area contributed by atoms with Gasteiger partial charge in [0.15, 0.2) is 0 Å². The van der Waals surface area contributed by atoms with E-state index in [4.69, 9.17) is 28.9 Å². The van der Waals surface area contributed by atoms with Gasteiger partial charge in [-0.2, -0.15) is 0 Å². The van der Waals surface area contributed by atoms with Crippen LogP contribution in [0.2, 0.25) is 10.0 Å². The predicted octanol–water partition coefficient (Wildman–Crippen LogP) is 2.49. The van der Waals surface area contributed by atoms with Crippen LogP contribution < -0.4 is 10.5 Å². The lowest BCUT2D eigenvalue weighted by Crippen LogP contribution is -2.27. The molecule has 0 saturated carbocycles. The van der Waals surface area contributed by atoms with Crippen LogP contribution in [0.3, 0.4) is 0 Å². The maximum Gasteiger partial charge on any atom is 0.244 e. The summed E-state index contributed by atoms with van der Waals surface area (Å²) >= 11 is 11.7. The number of rotatable bonds is 5. The SMILES string of the molecule is Nc1cc(Cl)cc(Cl)c1S(=O)(=O)NCCc1ccccn1. The molecule has 0 radical (unpaired) electrons. The molecule has 0 unspecified atom stereocenters. The molecule has 0 aliphatic heterocycles. The molecule has 0 atom stereocenters. The van der Waals surface area contributed by atoms with Crippen LogP contribution in [0.25, 0.3) is 0 Å². The summed E-state index contributed by atoms with van der Waals surface area (Å²) in [7, 11) is -3.80. The van der Waals surface area contributed by atoms with Gasteiger partial charge in [0.25, 0.3) is 0 Å². The Morgan fingerprint density at radius 2 is 2.00 bits per heavy atom. The average Bonchev–Trinajstić information content (AvgIpc) is 2.38. The number of sulfonamides is 1. The molecule has 0 amide bonds. The minimum absolute atomic E-state index is 0.00895. The fourth-order valence-electron chi connectivity index (χ4n) is 1.80. The molecule has 1 heterocycles. The number of nitrogens with zero attached hydrogens (tertiary/aromatic N) is 1. The van der Waals surface area contributed by atoms with Crippen molar-refractivity contribution in [3.05, 3.63) is 52.3 Å². The maximum absolute atomic E-state index is 12.2. The van der Waals surface area contributed by atoms with Crippen molar-refractivity contribution in [2.45, 2.75) is 11.3 Å². The van der Waals surface area contributed by atoms with Crippen LogP contribution in [0.4, 0.5) is 5.69 Å². The lowest BCUT2D eigenvalue weighted by molar-refractivity contribution is 0.582. The van der Waals surface area contributed by atoms with Crippen molar-refractivity contribution in [3.63, 3.8) is 0 Å². The van der Waals surface area contributed by atoms with E-state index >= 15 is 0 Å². The number of anilines is 1. The first-order chi connectivity index (χ1) is 9.90. The molecule has 0 fully saturated rings. The van der Waals surface area contributed by atoms with E-state index in [0.717, 1.165) is 5.69 Å². The third kappa shape index (κ3) is 4.07. The van der Waals surface area contributed by atoms with Crippen LogP contribution in [0, 0.1) is 0 Å². The highest BCUT2D eigenvalue weighted by molar-refractivity contribution is 7.89. The standard InChI is InChI=1S/C13H13Cl2N3O2S/c14-9-7-11(15)13(12(16)8-9)21(19,20)18-6-4-10-3-1-2-5-17-10/h1-3,5,7-8,18H,4,6,16H2. The first-order valence-electron chi connectivity index (χ1n) is 6.04. The molecule has 0 aliphatic rings. The van der Waals surface area contributed by atoms with Crippen LogP contribution >= 0.6 is 23.2 Å². The molecule has 21 heavy (non-hydrogen) atoms. The van der Waals surface area contributed by atoms with Gasteiger partial charge in [0.05, 0.1) is 10.7 Å². The zero-order valence-corrected chi connectivity index (χ0v) is 13.2. The Balaban J connectivity index is 2.12. The molecule has 0 aliphatic carbocycles. The molecule has 8 heteroatoms. The molecule has 0 saturated heterocycles. The summed E-state index contributed by atoms with van der Waals surface area (Å²) in [5, 5.41) is 0.273.